The van der Waals surface area contributed by atoms with Crippen LogP contribution in [0.1, 0.15) is 54.4 Å². The number of aromatic nitrogens is 1. The number of imide groups is 1. The maximum Gasteiger partial charge on any atom is 0.416 e. The third kappa shape index (κ3) is 5.16. The first-order valence-corrected chi connectivity index (χ1v) is 12.9. The normalized spacial score (nSPS) is 26.6. The van der Waals surface area contributed by atoms with Crippen LogP contribution in [0.15, 0.2) is 54.7 Å². The van der Waals surface area contributed by atoms with Gasteiger partial charge in [0.25, 0.3) is 0 Å². The fourth-order valence-electron chi connectivity index (χ4n) is 5.80. The van der Waals surface area contributed by atoms with E-state index in [1.54, 1.807) is 25.3 Å². The highest BCUT2D eigenvalue weighted by Crippen LogP contribution is 2.47. The van der Waals surface area contributed by atoms with Crippen molar-refractivity contribution in [2.45, 2.75) is 50.4 Å². The Hall–Kier alpha value is -3.34. The summed E-state index contributed by atoms with van der Waals surface area (Å²) in [6.45, 7) is 2.68. The highest BCUT2D eigenvalue weighted by atomic mass is 19.4. The molecule has 2 saturated heterocycles. The number of pyridine rings is 1. The number of amides is 2. The first-order valence-electron chi connectivity index (χ1n) is 12.9. The minimum atomic E-state index is -4.40. The van der Waals surface area contributed by atoms with Crippen LogP contribution in [-0.4, -0.2) is 51.6 Å². The Morgan fingerprint density at radius 1 is 1.13 bits per heavy atom. The molecule has 0 saturated carbocycles. The van der Waals surface area contributed by atoms with Crippen molar-refractivity contribution in [3.63, 3.8) is 0 Å². The third-order valence-corrected chi connectivity index (χ3v) is 8.22. The second-order valence-electron chi connectivity index (χ2n) is 10.9. The number of piperidine rings is 2. The number of nitrogens with one attached hydrogen (secondary N) is 1. The number of hydrogen-bond acceptors (Lipinski definition) is 6. The molecule has 0 bridgehead atoms. The monoisotopic (exact) mass is 541 g/mol. The summed E-state index contributed by atoms with van der Waals surface area (Å²) in [4.78, 5) is 30.4. The van der Waals surface area contributed by atoms with Gasteiger partial charge >= 0.3 is 6.18 Å². The summed E-state index contributed by atoms with van der Waals surface area (Å²) in [6.07, 6.45) is -1.80. The Balaban J connectivity index is 1.38. The number of aliphatic hydroxyl groups excluding tert-OH is 1. The van der Waals surface area contributed by atoms with Crippen LogP contribution < -0.4 is 5.32 Å². The second kappa shape index (κ2) is 10.0. The van der Waals surface area contributed by atoms with Crippen molar-refractivity contribution in [1.29, 1.82) is 0 Å². The quantitative estimate of drug-likeness (QED) is 0.424. The molecule has 2 amide bonds. The van der Waals surface area contributed by atoms with Gasteiger partial charge in [-0.25, -0.2) is 0 Å². The first-order chi connectivity index (χ1) is 18.4. The zero-order valence-corrected chi connectivity index (χ0v) is 21.5. The average molecular weight is 542 g/mol. The van der Waals surface area contributed by atoms with E-state index in [0.717, 1.165) is 17.5 Å². The highest BCUT2D eigenvalue weighted by Gasteiger charge is 2.51. The molecule has 3 unspecified atom stereocenters. The van der Waals surface area contributed by atoms with Gasteiger partial charge in [0, 0.05) is 43.1 Å². The maximum absolute atomic E-state index is 12.9. The van der Waals surface area contributed by atoms with Crippen LogP contribution in [0.3, 0.4) is 0 Å². The highest BCUT2D eigenvalue weighted by molar-refractivity contribution is 6.01. The number of likely N-dealkylation sites (tertiary alicyclic amines) is 1. The predicted molar refractivity (Wildman–Crippen MR) is 137 cm³/mol. The molecule has 206 valence electrons. The maximum atomic E-state index is 12.9. The van der Waals surface area contributed by atoms with Gasteiger partial charge in [-0.1, -0.05) is 25.1 Å². The first kappa shape index (κ1) is 27.2. The van der Waals surface area contributed by atoms with E-state index in [1.807, 2.05) is 17.0 Å². The second-order valence-corrected chi connectivity index (χ2v) is 10.9. The van der Waals surface area contributed by atoms with Crippen molar-refractivity contribution in [2.24, 2.45) is 5.41 Å². The van der Waals surface area contributed by atoms with Gasteiger partial charge in [-0.15, -0.1) is 0 Å². The van der Waals surface area contributed by atoms with Crippen LogP contribution in [0, 0.1) is 5.41 Å². The van der Waals surface area contributed by atoms with Crippen LogP contribution >= 0.6 is 0 Å². The van der Waals surface area contributed by atoms with Gasteiger partial charge in [-0.2, -0.15) is 13.2 Å². The number of halogens is 3. The topological polar surface area (TPSA) is 103 Å². The Morgan fingerprint density at radius 3 is 2.54 bits per heavy atom. The van der Waals surface area contributed by atoms with Gasteiger partial charge in [0.05, 0.1) is 29.2 Å². The molecule has 2 fully saturated rings. The fraction of sp³-hybridized carbons (Fsp3) is 0.414. The van der Waals surface area contributed by atoms with E-state index in [1.165, 1.54) is 12.1 Å². The molecule has 5 rings (SSSR count). The van der Waals surface area contributed by atoms with Crippen LogP contribution in [0.5, 0.6) is 0 Å². The lowest BCUT2D eigenvalue weighted by Crippen LogP contribution is -2.58. The molecule has 10 heteroatoms. The number of benzene rings is 2. The van der Waals surface area contributed by atoms with E-state index >= 15 is 0 Å². The Bertz CT molecular complexity index is 1410. The average Bonchev–Trinajstić information content (AvgIpc) is 2.90. The van der Waals surface area contributed by atoms with E-state index in [4.69, 9.17) is 0 Å². The Morgan fingerprint density at radius 2 is 1.87 bits per heavy atom. The Labute approximate surface area is 223 Å². The lowest BCUT2D eigenvalue weighted by Gasteiger charge is -2.51. The molecular weight excluding hydrogens is 511 g/mol. The summed E-state index contributed by atoms with van der Waals surface area (Å²) in [5.74, 6) is -1.12. The van der Waals surface area contributed by atoms with Crippen LogP contribution in [0.2, 0.25) is 0 Å². The van der Waals surface area contributed by atoms with Gasteiger partial charge in [-0.05, 0) is 59.9 Å². The zero-order valence-electron chi connectivity index (χ0n) is 21.5. The largest absolute Gasteiger partial charge is 0.416 e. The smallest absolute Gasteiger partial charge is 0.396 e. The van der Waals surface area contributed by atoms with Crippen LogP contribution in [0.4, 0.5) is 13.2 Å². The summed E-state index contributed by atoms with van der Waals surface area (Å²) >= 11 is 0. The number of nitrogens with zero attached hydrogens (tertiary/aromatic N) is 2. The van der Waals surface area contributed by atoms with Crippen LogP contribution in [0.25, 0.3) is 10.9 Å². The summed E-state index contributed by atoms with van der Waals surface area (Å²) < 4.78 is 38.8. The molecule has 3 heterocycles. The van der Waals surface area contributed by atoms with Gasteiger partial charge < -0.3 is 10.2 Å². The molecular formula is C29H30F3N3O4. The van der Waals surface area contributed by atoms with Crippen molar-refractivity contribution in [1.82, 2.24) is 15.2 Å². The standard InChI is InChI=1S/C29H30F3N3O4/c1-27(17-36)16-35(15-18-2-4-21(5-3-18)29(30,31)32)11-10-28(27,39)22-6-8-24-19(13-22)12-20(14-33-24)23-7-9-25(37)34-26(23)38/h2-6,8,12-14,23,36,39H,7,9-11,15-17H2,1H3,(H,34,37,38). The Kier molecular flexibility index (Phi) is 6.98. The van der Waals surface area contributed by atoms with E-state index in [9.17, 15) is 33.0 Å². The number of hydrogen-bond donors (Lipinski definition) is 3. The zero-order chi connectivity index (χ0) is 28.0. The molecule has 7 nitrogen and oxygen atoms in total. The van der Waals surface area contributed by atoms with Gasteiger partial charge in [0.2, 0.25) is 11.8 Å². The van der Waals surface area contributed by atoms with Gasteiger partial charge in [0.15, 0.2) is 0 Å². The van der Waals surface area contributed by atoms with Crippen molar-refractivity contribution < 1.29 is 33.0 Å². The van der Waals surface area contributed by atoms with E-state index < -0.39 is 28.7 Å². The lowest BCUT2D eigenvalue weighted by atomic mass is 9.65. The van der Waals surface area contributed by atoms with Crippen molar-refractivity contribution >= 4 is 22.7 Å². The molecule has 3 aromatic rings. The summed E-state index contributed by atoms with van der Waals surface area (Å²) in [7, 11) is 0. The number of alkyl halides is 3. The number of fused-ring (bicyclic) bond motifs is 1. The fourth-order valence-corrected chi connectivity index (χ4v) is 5.80. The van der Waals surface area contributed by atoms with Crippen LogP contribution in [-0.2, 0) is 27.9 Å². The molecule has 3 N–H and O–H groups in total. The minimum absolute atomic E-state index is 0.256. The van der Waals surface area contributed by atoms with Gasteiger partial charge in [0.1, 0.15) is 0 Å². The molecule has 3 atom stereocenters. The predicted octanol–water partition coefficient (Wildman–Crippen LogP) is 3.87. The van der Waals surface area contributed by atoms with Crippen molar-refractivity contribution in [2.75, 3.05) is 19.7 Å². The molecule has 0 aliphatic carbocycles. The number of carbonyl (C=O) groups excluding carboxylic acids is 2. The van der Waals surface area contributed by atoms with Crippen molar-refractivity contribution in [3.8, 4) is 0 Å². The molecule has 0 spiro atoms. The molecule has 0 radical (unpaired) electrons. The SMILES string of the molecule is CC1(CO)CN(Cc2ccc(C(F)(F)F)cc2)CCC1(O)c1ccc2ncc(C3CCC(=O)NC3=O)cc2c1. The molecule has 1 aromatic heterocycles. The minimum Gasteiger partial charge on any atom is -0.396 e. The molecule has 2 aliphatic rings. The van der Waals surface area contributed by atoms with E-state index in [-0.39, 0.29) is 24.8 Å². The molecule has 39 heavy (non-hydrogen) atoms. The number of carbonyl (C=O) groups is 2. The summed E-state index contributed by atoms with van der Waals surface area (Å²) in [5.41, 5.74) is -0.339. The number of rotatable bonds is 5. The third-order valence-electron chi connectivity index (χ3n) is 8.22. The lowest BCUT2D eigenvalue weighted by molar-refractivity contribution is -0.154. The summed E-state index contributed by atoms with van der Waals surface area (Å²) in [5, 5.41) is 25.5. The number of aliphatic hydroxyl groups is 2. The van der Waals surface area contributed by atoms with E-state index in [0.29, 0.717) is 54.7 Å². The summed E-state index contributed by atoms with van der Waals surface area (Å²) in [6, 6.07) is 12.3. The molecule has 2 aliphatic heterocycles. The molecule has 2 aromatic carbocycles. The van der Waals surface area contributed by atoms with Crippen molar-refractivity contribution in [3.05, 3.63) is 77.0 Å². The van der Waals surface area contributed by atoms with E-state index in [2.05, 4.69) is 10.3 Å². The van der Waals surface area contributed by atoms with Gasteiger partial charge in [-0.3, -0.25) is 24.8 Å².